The van der Waals surface area contributed by atoms with E-state index in [0.717, 1.165) is 18.4 Å². The average Bonchev–Trinajstić information content (AvgIpc) is 2.64. The molecule has 7 nitrogen and oxygen atoms in total. The van der Waals surface area contributed by atoms with Crippen LogP contribution in [-0.4, -0.2) is 59.4 Å². The molecule has 0 spiro atoms. The van der Waals surface area contributed by atoms with Gasteiger partial charge in [0, 0.05) is 25.0 Å². The molecule has 0 aliphatic carbocycles. The molecular formula is C19H24O7. The van der Waals surface area contributed by atoms with Gasteiger partial charge in [0.15, 0.2) is 6.29 Å². The molecule has 0 bridgehead atoms. The first kappa shape index (κ1) is 17.1. The summed E-state index contributed by atoms with van der Waals surface area (Å²) in [5.41, 5.74) is 0.907. The molecule has 2 N–H and O–H groups in total. The zero-order valence-corrected chi connectivity index (χ0v) is 14.5. The maximum atomic E-state index is 11.1. The van der Waals surface area contributed by atoms with Gasteiger partial charge in [-0.15, -0.1) is 0 Å². The molecule has 7 atom stereocenters. The predicted molar refractivity (Wildman–Crippen MR) is 87.9 cm³/mol. The van der Waals surface area contributed by atoms with Gasteiger partial charge < -0.3 is 33.9 Å². The second-order valence-corrected chi connectivity index (χ2v) is 7.59. The predicted octanol–water partition coefficient (Wildman–Crippen LogP) is 1.23. The third kappa shape index (κ3) is 2.70. The van der Waals surface area contributed by atoms with Gasteiger partial charge in [-0.3, -0.25) is 0 Å². The smallest absolute Gasteiger partial charge is 0.224 e. The molecular weight excluding hydrogens is 340 g/mol. The fourth-order valence-corrected chi connectivity index (χ4v) is 4.43. The van der Waals surface area contributed by atoms with Gasteiger partial charge in [0.1, 0.15) is 6.10 Å². The Balaban J connectivity index is 1.36. The second-order valence-electron chi connectivity index (χ2n) is 7.59. The van der Waals surface area contributed by atoms with Gasteiger partial charge >= 0.3 is 0 Å². The Morgan fingerprint density at radius 1 is 0.846 bits per heavy atom. The highest BCUT2D eigenvalue weighted by Gasteiger charge is 2.65. The van der Waals surface area contributed by atoms with E-state index in [-0.39, 0.29) is 31.7 Å². The minimum Gasteiger partial charge on any atom is -0.375 e. The minimum atomic E-state index is -1.82. The standard InChI is InChI=1S/C19H24O7/c20-18-9-14-13(7-4-8-22-14)25-19(18,21)10-15-16(26-18)11-23-17(24-15)12-5-2-1-3-6-12/h1-3,5-6,13-17,20-21H,4,7-11H2/t13-,14+,15-,16+,17?,18-,19+/m0/s1. The molecule has 1 aromatic carbocycles. The summed E-state index contributed by atoms with van der Waals surface area (Å²) >= 11 is 0. The molecule has 5 rings (SSSR count). The molecule has 0 aromatic heterocycles. The largest absolute Gasteiger partial charge is 0.375 e. The highest BCUT2D eigenvalue weighted by molar-refractivity contribution is 5.16. The molecule has 0 radical (unpaired) electrons. The van der Waals surface area contributed by atoms with Crippen LogP contribution in [0.4, 0.5) is 0 Å². The monoisotopic (exact) mass is 364 g/mol. The number of fused-ring (bicyclic) bond motifs is 3. The van der Waals surface area contributed by atoms with E-state index in [2.05, 4.69) is 0 Å². The van der Waals surface area contributed by atoms with Crippen LogP contribution in [-0.2, 0) is 23.7 Å². The summed E-state index contributed by atoms with van der Waals surface area (Å²) in [5, 5.41) is 22.1. The van der Waals surface area contributed by atoms with Crippen LogP contribution in [0.15, 0.2) is 30.3 Å². The van der Waals surface area contributed by atoms with Crippen molar-refractivity contribution >= 4 is 0 Å². The van der Waals surface area contributed by atoms with Crippen LogP contribution < -0.4 is 0 Å². The third-order valence-electron chi connectivity index (χ3n) is 5.84. The zero-order chi connectivity index (χ0) is 17.8. The maximum absolute atomic E-state index is 11.1. The van der Waals surface area contributed by atoms with Crippen molar-refractivity contribution in [2.24, 2.45) is 0 Å². The van der Waals surface area contributed by atoms with Crippen molar-refractivity contribution in [2.45, 2.75) is 68.0 Å². The van der Waals surface area contributed by atoms with E-state index in [4.69, 9.17) is 23.7 Å². The summed E-state index contributed by atoms with van der Waals surface area (Å²) in [6.45, 7) is 0.910. The summed E-state index contributed by atoms with van der Waals surface area (Å²) in [6, 6.07) is 9.64. The van der Waals surface area contributed by atoms with Crippen molar-refractivity contribution in [3.8, 4) is 0 Å². The lowest BCUT2D eigenvalue weighted by molar-refractivity contribution is -0.483. The van der Waals surface area contributed by atoms with Crippen LogP contribution in [0.2, 0.25) is 0 Å². The molecule has 4 aliphatic rings. The maximum Gasteiger partial charge on any atom is 0.224 e. The zero-order valence-electron chi connectivity index (χ0n) is 14.5. The molecule has 0 amide bonds. The number of hydrogen-bond acceptors (Lipinski definition) is 7. The van der Waals surface area contributed by atoms with Gasteiger partial charge in [0.25, 0.3) is 0 Å². The molecule has 7 heteroatoms. The lowest BCUT2D eigenvalue weighted by Crippen LogP contribution is -2.73. The van der Waals surface area contributed by atoms with Gasteiger partial charge in [0.2, 0.25) is 11.6 Å². The molecule has 4 fully saturated rings. The topological polar surface area (TPSA) is 86.6 Å². The fourth-order valence-electron chi connectivity index (χ4n) is 4.43. The molecule has 4 heterocycles. The summed E-state index contributed by atoms with van der Waals surface area (Å²) in [4.78, 5) is 0. The SMILES string of the molecule is O[C@@]12C[C@@H]3OC(c4ccccc4)OC[C@H]3O[C@@]1(O)C[C@H]1OCCC[C@@H]1O2. The number of hydrogen-bond donors (Lipinski definition) is 2. The average molecular weight is 364 g/mol. The molecule has 26 heavy (non-hydrogen) atoms. The van der Waals surface area contributed by atoms with Crippen molar-refractivity contribution in [1.82, 2.24) is 0 Å². The Bertz CT molecular complexity index is 655. The van der Waals surface area contributed by atoms with Gasteiger partial charge in [-0.05, 0) is 12.8 Å². The second kappa shape index (κ2) is 6.24. The normalized spacial score (nSPS) is 48.2. The summed E-state index contributed by atoms with van der Waals surface area (Å²) in [6.07, 6.45) is 0.0573. The van der Waals surface area contributed by atoms with Crippen molar-refractivity contribution in [3.63, 3.8) is 0 Å². The quantitative estimate of drug-likeness (QED) is 0.775. The first-order valence-electron chi connectivity index (χ1n) is 9.30. The highest BCUT2D eigenvalue weighted by Crippen LogP contribution is 2.49. The summed E-state index contributed by atoms with van der Waals surface area (Å²) < 4.78 is 29.3. The van der Waals surface area contributed by atoms with Crippen molar-refractivity contribution in [3.05, 3.63) is 35.9 Å². The molecule has 1 unspecified atom stereocenters. The Hall–Kier alpha value is -1.06. The summed E-state index contributed by atoms with van der Waals surface area (Å²) in [5.74, 6) is -3.63. The number of rotatable bonds is 1. The van der Waals surface area contributed by atoms with Crippen molar-refractivity contribution < 1.29 is 33.9 Å². The first-order chi connectivity index (χ1) is 12.6. The molecule has 0 saturated carbocycles. The summed E-state index contributed by atoms with van der Waals surface area (Å²) in [7, 11) is 0. The van der Waals surface area contributed by atoms with Gasteiger partial charge in [-0.25, -0.2) is 0 Å². The van der Waals surface area contributed by atoms with E-state index >= 15 is 0 Å². The van der Waals surface area contributed by atoms with Gasteiger partial charge in [-0.1, -0.05) is 30.3 Å². The minimum absolute atomic E-state index is 0.129. The number of benzene rings is 1. The van der Waals surface area contributed by atoms with Gasteiger partial charge in [-0.2, -0.15) is 0 Å². The Morgan fingerprint density at radius 2 is 1.58 bits per heavy atom. The third-order valence-corrected chi connectivity index (χ3v) is 5.84. The Morgan fingerprint density at radius 3 is 2.38 bits per heavy atom. The fraction of sp³-hybridized carbons (Fsp3) is 0.684. The molecule has 4 saturated heterocycles. The molecule has 4 aliphatic heterocycles. The Labute approximate surface area is 151 Å². The number of ether oxygens (including phenoxy) is 5. The van der Waals surface area contributed by atoms with E-state index in [1.54, 1.807) is 0 Å². The van der Waals surface area contributed by atoms with Gasteiger partial charge in [0.05, 0.1) is 24.9 Å². The Kier molecular flexibility index (Phi) is 4.09. The van der Waals surface area contributed by atoms with Crippen LogP contribution in [0, 0.1) is 0 Å². The van der Waals surface area contributed by atoms with Crippen LogP contribution >= 0.6 is 0 Å². The van der Waals surface area contributed by atoms with Crippen LogP contribution in [0.5, 0.6) is 0 Å². The van der Waals surface area contributed by atoms with Crippen molar-refractivity contribution in [2.75, 3.05) is 13.2 Å². The molecule has 1 aromatic rings. The molecule has 142 valence electrons. The number of aliphatic hydroxyl groups is 2. The van der Waals surface area contributed by atoms with E-state index in [9.17, 15) is 10.2 Å². The van der Waals surface area contributed by atoms with E-state index in [0.29, 0.717) is 6.61 Å². The van der Waals surface area contributed by atoms with E-state index in [1.165, 1.54) is 0 Å². The van der Waals surface area contributed by atoms with E-state index in [1.807, 2.05) is 30.3 Å². The lowest BCUT2D eigenvalue weighted by atomic mass is 9.82. The van der Waals surface area contributed by atoms with Crippen LogP contribution in [0.1, 0.15) is 37.5 Å². The van der Waals surface area contributed by atoms with E-state index < -0.39 is 30.1 Å². The van der Waals surface area contributed by atoms with Crippen molar-refractivity contribution in [1.29, 1.82) is 0 Å². The first-order valence-corrected chi connectivity index (χ1v) is 9.30. The van der Waals surface area contributed by atoms with Crippen LogP contribution in [0.25, 0.3) is 0 Å². The van der Waals surface area contributed by atoms with Crippen LogP contribution in [0.3, 0.4) is 0 Å². The lowest BCUT2D eigenvalue weighted by Gasteiger charge is -2.58. The highest BCUT2D eigenvalue weighted by atomic mass is 16.8.